The number of amides is 2. The van der Waals surface area contributed by atoms with Gasteiger partial charge in [0.25, 0.3) is 0 Å². The SMILES string of the molecule is CNC(=O)CN[C@H]1CC[C@H](CN(C)c2ccc(N3C(=O)Cc4cc(OC)c(OC(C)C)cc4[C@@H]3c3ccc(Cl)cc3)cc2)CC1. The van der Waals surface area contributed by atoms with Crippen molar-refractivity contribution >= 4 is 34.8 Å². The fraction of sp³-hybridized carbons (Fsp3) is 0.444. The number of halogens is 1. The van der Waals surface area contributed by atoms with E-state index in [9.17, 15) is 9.59 Å². The molecule has 45 heavy (non-hydrogen) atoms. The number of rotatable bonds is 11. The zero-order valence-electron chi connectivity index (χ0n) is 26.9. The summed E-state index contributed by atoms with van der Waals surface area (Å²) < 4.78 is 11.8. The zero-order chi connectivity index (χ0) is 32.1. The maximum Gasteiger partial charge on any atom is 0.233 e. The summed E-state index contributed by atoms with van der Waals surface area (Å²) in [6, 6.07) is 20.0. The average Bonchev–Trinajstić information content (AvgIpc) is 3.04. The first-order chi connectivity index (χ1) is 21.7. The summed E-state index contributed by atoms with van der Waals surface area (Å²) >= 11 is 6.27. The molecule has 1 atom stereocenters. The number of benzene rings is 3. The van der Waals surface area contributed by atoms with Gasteiger partial charge >= 0.3 is 0 Å². The molecule has 1 aliphatic carbocycles. The lowest BCUT2D eigenvalue weighted by molar-refractivity contribution is -0.120. The van der Waals surface area contributed by atoms with E-state index >= 15 is 0 Å². The number of nitrogens with one attached hydrogen (secondary N) is 2. The summed E-state index contributed by atoms with van der Waals surface area (Å²) in [6.07, 6.45) is 4.65. The van der Waals surface area contributed by atoms with E-state index in [1.807, 2.05) is 67.3 Å². The van der Waals surface area contributed by atoms with E-state index in [1.165, 1.54) is 0 Å². The smallest absolute Gasteiger partial charge is 0.233 e. The fourth-order valence-corrected chi connectivity index (χ4v) is 6.69. The van der Waals surface area contributed by atoms with Crippen LogP contribution in [0.3, 0.4) is 0 Å². The van der Waals surface area contributed by atoms with Gasteiger partial charge in [-0.1, -0.05) is 23.7 Å². The van der Waals surface area contributed by atoms with Crippen molar-refractivity contribution in [2.24, 2.45) is 5.92 Å². The van der Waals surface area contributed by atoms with Gasteiger partial charge in [0.05, 0.1) is 32.2 Å². The third kappa shape index (κ3) is 7.74. The van der Waals surface area contributed by atoms with Crippen LogP contribution in [0, 0.1) is 5.92 Å². The molecular formula is C36H45ClN4O4. The van der Waals surface area contributed by atoms with Crippen LogP contribution in [0.15, 0.2) is 60.7 Å². The standard InChI is InChI=1S/C36H45ClN4O4/c1-23(2)45-33-20-31-26(18-32(33)44-5)19-35(43)41(36(31)25-8-10-27(37)11-9-25)30-16-14-29(15-17-30)40(4)22-24-6-12-28(13-7-24)39-21-34(42)38-3/h8-11,14-18,20,23-24,28,36,39H,6-7,12-13,19,21-22H2,1-5H3,(H,38,42)/t24-,28-,36-/m0/s1. The molecule has 0 unspecified atom stereocenters. The number of hydrogen-bond acceptors (Lipinski definition) is 6. The maximum absolute atomic E-state index is 13.9. The molecule has 0 aromatic heterocycles. The molecule has 0 saturated heterocycles. The normalized spacial score (nSPS) is 19.7. The summed E-state index contributed by atoms with van der Waals surface area (Å²) in [6.45, 7) is 5.32. The van der Waals surface area contributed by atoms with Crippen LogP contribution in [0.25, 0.3) is 0 Å². The Morgan fingerprint density at radius 3 is 2.33 bits per heavy atom. The highest BCUT2D eigenvalue weighted by atomic mass is 35.5. The highest BCUT2D eigenvalue weighted by Gasteiger charge is 2.36. The molecule has 2 aliphatic rings. The molecule has 9 heteroatoms. The van der Waals surface area contributed by atoms with Crippen LogP contribution in [0.5, 0.6) is 11.5 Å². The lowest BCUT2D eigenvalue weighted by Gasteiger charge is -2.38. The minimum atomic E-state index is -0.352. The van der Waals surface area contributed by atoms with Gasteiger partial charge in [0.15, 0.2) is 11.5 Å². The third-order valence-corrected chi connectivity index (χ3v) is 9.17. The van der Waals surface area contributed by atoms with E-state index in [1.54, 1.807) is 14.2 Å². The fourth-order valence-electron chi connectivity index (χ4n) is 6.56. The van der Waals surface area contributed by atoms with Gasteiger partial charge in [0.2, 0.25) is 11.8 Å². The van der Waals surface area contributed by atoms with Crippen LogP contribution < -0.4 is 29.9 Å². The van der Waals surface area contributed by atoms with Crippen molar-refractivity contribution in [3.05, 3.63) is 82.4 Å². The van der Waals surface area contributed by atoms with Crippen LogP contribution in [-0.2, 0) is 16.0 Å². The monoisotopic (exact) mass is 632 g/mol. The van der Waals surface area contributed by atoms with E-state index in [0.29, 0.717) is 35.0 Å². The molecule has 8 nitrogen and oxygen atoms in total. The molecule has 1 aliphatic heterocycles. The molecule has 3 aromatic rings. The van der Waals surface area contributed by atoms with Gasteiger partial charge in [-0.05, 0) is 111 Å². The topological polar surface area (TPSA) is 83.1 Å². The zero-order valence-corrected chi connectivity index (χ0v) is 27.7. The lowest BCUT2D eigenvalue weighted by atomic mass is 9.85. The molecule has 0 radical (unpaired) electrons. The minimum absolute atomic E-state index is 0.0184. The second-order valence-electron chi connectivity index (χ2n) is 12.4. The van der Waals surface area contributed by atoms with E-state index in [4.69, 9.17) is 21.1 Å². The van der Waals surface area contributed by atoms with Gasteiger partial charge in [-0.15, -0.1) is 0 Å². The van der Waals surface area contributed by atoms with Crippen molar-refractivity contribution in [1.82, 2.24) is 10.6 Å². The van der Waals surface area contributed by atoms with Gasteiger partial charge in [0.1, 0.15) is 0 Å². The number of nitrogens with zero attached hydrogens (tertiary/aromatic N) is 2. The number of hydrogen-bond donors (Lipinski definition) is 2. The van der Waals surface area contributed by atoms with E-state index in [2.05, 4.69) is 34.7 Å². The Morgan fingerprint density at radius 1 is 1.02 bits per heavy atom. The van der Waals surface area contributed by atoms with Gasteiger partial charge < -0.3 is 29.9 Å². The summed E-state index contributed by atoms with van der Waals surface area (Å²) in [4.78, 5) is 29.6. The van der Waals surface area contributed by atoms with Crippen LogP contribution in [0.2, 0.25) is 5.02 Å². The van der Waals surface area contributed by atoms with Crippen molar-refractivity contribution in [2.75, 3.05) is 44.1 Å². The second kappa shape index (κ2) is 14.6. The Balaban J connectivity index is 1.36. The van der Waals surface area contributed by atoms with Crippen molar-refractivity contribution < 1.29 is 19.1 Å². The van der Waals surface area contributed by atoms with Crippen molar-refractivity contribution in [2.45, 2.75) is 64.1 Å². The van der Waals surface area contributed by atoms with Crippen LogP contribution in [-0.4, -0.2) is 58.3 Å². The van der Waals surface area contributed by atoms with Gasteiger partial charge in [-0.25, -0.2) is 0 Å². The third-order valence-electron chi connectivity index (χ3n) is 8.91. The Labute approximate surface area is 272 Å². The number of carbonyl (C=O) groups is 2. The predicted molar refractivity (Wildman–Crippen MR) is 181 cm³/mol. The highest BCUT2D eigenvalue weighted by molar-refractivity contribution is 6.30. The number of fused-ring (bicyclic) bond motifs is 1. The molecule has 3 aromatic carbocycles. The van der Waals surface area contributed by atoms with E-state index in [0.717, 1.165) is 60.3 Å². The summed E-state index contributed by atoms with van der Waals surface area (Å²) in [5.74, 6) is 1.93. The molecule has 5 rings (SSSR count). The molecule has 240 valence electrons. The van der Waals surface area contributed by atoms with Crippen molar-refractivity contribution in [3.8, 4) is 11.5 Å². The number of anilines is 2. The minimum Gasteiger partial charge on any atom is -0.493 e. The van der Waals surface area contributed by atoms with Crippen LogP contribution >= 0.6 is 11.6 Å². The Morgan fingerprint density at radius 2 is 1.71 bits per heavy atom. The largest absolute Gasteiger partial charge is 0.493 e. The molecule has 0 spiro atoms. The lowest BCUT2D eigenvalue weighted by Crippen LogP contribution is -2.41. The second-order valence-corrected chi connectivity index (χ2v) is 12.9. The van der Waals surface area contributed by atoms with Crippen molar-refractivity contribution in [3.63, 3.8) is 0 Å². The Hall–Kier alpha value is -3.75. The maximum atomic E-state index is 13.9. The highest BCUT2D eigenvalue weighted by Crippen LogP contribution is 2.44. The van der Waals surface area contributed by atoms with E-state index < -0.39 is 0 Å². The summed E-state index contributed by atoms with van der Waals surface area (Å²) in [5, 5.41) is 6.70. The molecule has 1 saturated carbocycles. The number of ether oxygens (including phenoxy) is 2. The first-order valence-corrected chi connectivity index (χ1v) is 16.2. The van der Waals surface area contributed by atoms with E-state index in [-0.39, 0.29) is 30.4 Å². The molecular weight excluding hydrogens is 588 g/mol. The van der Waals surface area contributed by atoms with Crippen LogP contribution in [0.4, 0.5) is 11.4 Å². The summed E-state index contributed by atoms with van der Waals surface area (Å²) in [7, 11) is 5.42. The molecule has 2 amide bonds. The first-order valence-electron chi connectivity index (χ1n) is 15.9. The van der Waals surface area contributed by atoms with Crippen molar-refractivity contribution in [1.29, 1.82) is 0 Å². The number of carbonyl (C=O) groups excluding carboxylic acids is 2. The molecule has 1 heterocycles. The molecule has 2 N–H and O–H groups in total. The predicted octanol–water partition coefficient (Wildman–Crippen LogP) is 6.15. The number of methoxy groups -OCH3 is 1. The van der Waals surface area contributed by atoms with Crippen LogP contribution in [0.1, 0.15) is 62.3 Å². The molecule has 1 fully saturated rings. The van der Waals surface area contributed by atoms with Gasteiger partial charge in [-0.3, -0.25) is 9.59 Å². The Bertz CT molecular complexity index is 1470. The van der Waals surface area contributed by atoms with Gasteiger partial charge in [0, 0.05) is 43.1 Å². The summed E-state index contributed by atoms with van der Waals surface area (Å²) in [5.41, 5.74) is 4.86. The molecule has 0 bridgehead atoms. The quantitative estimate of drug-likeness (QED) is 0.264. The Kier molecular flexibility index (Phi) is 10.6. The number of likely N-dealkylation sites (N-methyl/N-ethyl adjacent to an activating group) is 1. The first kappa shape index (κ1) is 32.6. The average molecular weight is 633 g/mol. The van der Waals surface area contributed by atoms with Gasteiger partial charge in [-0.2, -0.15) is 0 Å².